The van der Waals surface area contributed by atoms with Crippen LogP contribution in [0.2, 0.25) is 0 Å². The Morgan fingerprint density at radius 1 is 1.43 bits per heavy atom. The standard InChI is InChI=1S/C13H21N3O4S/c1-8(11(17)14-9-5-6-9)21(18,19)7-10-15-12(20-16-10)13(2,3)4/h8-9H,5-7H2,1-4H3,(H,14,17)/t8-/m0/s1. The van der Waals surface area contributed by atoms with Gasteiger partial charge in [-0.2, -0.15) is 4.98 Å². The van der Waals surface area contributed by atoms with Crippen LogP contribution in [-0.4, -0.2) is 35.8 Å². The van der Waals surface area contributed by atoms with E-state index in [9.17, 15) is 13.2 Å². The number of hydrogen-bond acceptors (Lipinski definition) is 6. The number of carbonyl (C=O) groups excluding carboxylic acids is 1. The quantitative estimate of drug-likeness (QED) is 0.868. The van der Waals surface area contributed by atoms with E-state index < -0.39 is 26.7 Å². The molecule has 1 fully saturated rings. The number of carbonyl (C=O) groups is 1. The van der Waals surface area contributed by atoms with E-state index in [1.54, 1.807) is 0 Å². The second-order valence-corrected chi connectivity index (χ2v) is 8.82. The SMILES string of the molecule is C[C@@H](C(=O)NC1CC1)S(=O)(=O)Cc1noc(C(C)(C)C)n1. The van der Waals surface area contributed by atoms with Crippen LogP contribution < -0.4 is 5.32 Å². The first-order valence-corrected chi connectivity index (χ1v) is 8.66. The lowest BCUT2D eigenvalue weighted by molar-refractivity contribution is -0.120. The molecule has 1 heterocycles. The summed E-state index contributed by atoms with van der Waals surface area (Å²) in [6.45, 7) is 7.07. The van der Waals surface area contributed by atoms with Crippen molar-refractivity contribution in [2.75, 3.05) is 0 Å². The van der Waals surface area contributed by atoms with Gasteiger partial charge in [-0.05, 0) is 19.8 Å². The molecule has 0 aromatic carbocycles. The van der Waals surface area contributed by atoms with Crippen molar-refractivity contribution >= 4 is 15.7 Å². The summed E-state index contributed by atoms with van der Waals surface area (Å²) in [6, 6.07) is 0.132. The van der Waals surface area contributed by atoms with E-state index in [2.05, 4.69) is 15.5 Å². The van der Waals surface area contributed by atoms with Crippen LogP contribution in [0.15, 0.2) is 4.52 Å². The molecule has 1 amide bonds. The van der Waals surface area contributed by atoms with Crippen molar-refractivity contribution in [1.82, 2.24) is 15.5 Å². The minimum absolute atomic E-state index is 0.0889. The molecule has 8 heteroatoms. The first-order chi connectivity index (χ1) is 9.59. The molecule has 1 aromatic rings. The highest BCUT2D eigenvalue weighted by Gasteiger charge is 2.33. The van der Waals surface area contributed by atoms with Gasteiger partial charge in [0.05, 0.1) is 0 Å². The van der Waals surface area contributed by atoms with E-state index in [1.165, 1.54) is 6.92 Å². The van der Waals surface area contributed by atoms with Gasteiger partial charge in [-0.15, -0.1) is 0 Å². The number of sulfone groups is 1. The third-order valence-electron chi connectivity index (χ3n) is 3.27. The highest BCUT2D eigenvalue weighted by molar-refractivity contribution is 7.92. The minimum Gasteiger partial charge on any atom is -0.352 e. The van der Waals surface area contributed by atoms with E-state index in [1.807, 2.05) is 20.8 Å². The van der Waals surface area contributed by atoms with Gasteiger partial charge in [-0.1, -0.05) is 25.9 Å². The van der Waals surface area contributed by atoms with Crippen LogP contribution in [0.4, 0.5) is 0 Å². The van der Waals surface area contributed by atoms with Gasteiger partial charge in [0.1, 0.15) is 11.0 Å². The van der Waals surface area contributed by atoms with Gasteiger partial charge in [-0.3, -0.25) is 4.79 Å². The molecule has 2 rings (SSSR count). The summed E-state index contributed by atoms with van der Waals surface area (Å²) in [6.07, 6.45) is 1.83. The second kappa shape index (κ2) is 5.40. The summed E-state index contributed by atoms with van der Waals surface area (Å²) in [5.41, 5.74) is -0.343. The average Bonchev–Trinajstić information content (AvgIpc) is 3.03. The fourth-order valence-electron chi connectivity index (χ4n) is 1.63. The Kier molecular flexibility index (Phi) is 4.10. The largest absolute Gasteiger partial charge is 0.352 e. The number of rotatable bonds is 5. The Morgan fingerprint density at radius 3 is 2.52 bits per heavy atom. The molecule has 0 radical (unpaired) electrons. The van der Waals surface area contributed by atoms with Gasteiger partial charge in [0.15, 0.2) is 15.7 Å². The van der Waals surface area contributed by atoms with E-state index in [-0.39, 0.29) is 17.3 Å². The lowest BCUT2D eigenvalue weighted by Crippen LogP contribution is -2.39. The summed E-state index contributed by atoms with van der Waals surface area (Å²) < 4.78 is 29.5. The molecule has 7 nitrogen and oxygen atoms in total. The van der Waals surface area contributed by atoms with Crippen molar-refractivity contribution in [2.24, 2.45) is 0 Å². The molecular formula is C13H21N3O4S. The lowest BCUT2D eigenvalue weighted by Gasteiger charge is -2.12. The topological polar surface area (TPSA) is 102 Å². The zero-order chi connectivity index (χ0) is 15.8. The van der Waals surface area contributed by atoms with Gasteiger partial charge in [-0.25, -0.2) is 8.42 Å². The van der Waals surface area contributed by atoms with Gasteiger partial charge < -0.3 is 9.84 Å². The predicted octanol–water partition coefficient (Wildman–Crippen LogP) is 0.949. The monoisotopic (exact) mass is 315 g/mol. The van der Waals surface area contributed by atoms with E-state index in [0.717, 1.165) is 12.8 Å². The Labute approximate surface area is 124 Å². The Morgan fingerprint density at radius 2 is 2.05 bits per heavy atom. The van der Waals surface area contributed by atoms with E-state index in [0.29, 0.717) is 5.89 Å². The van der Waals surface area contributed by atoms with E-state index >= 15 is 0 Å². The summed E-state index contributed by atoms with van der Waals surface area (Å²) >= 11 is 0. The molecule has 0 aliphatic heterocycles. The number of amides is 1. The van der Waals surface area contributed by atoms with Crippen LogP contribution in [-0.2, 0) is 25.8 Å². The van der Waals surface area contributed by atoms with Gasteiger partial charge in [0, 0.05) is 11.5 Å². The summed E-state index contributed by atoms with van der Waals surface area (Å²) in [5, 5.41) is 5.26. The van der Waals surface area contributed by atoms with Crippen molar-refractivity contribution in [2.45, 2.75) is 63.0 Å². The first-order valence-electron chi connectivity index (χ1n) is 6.94. The Bertz CT molecular complexity index is 626. The van der Waals surface area contributed by atoms with Crippen molar-refractivity contribution in [3.05, 3.63) is 11.7 Å². The maximum absolute atomic E-state index is 12.2. The van der Waals surface area contributed by atoms with Crippen molar-refractivity contribution < 1.29 is 17.7 Å². The molecule has 0 unspecified atom stereocenters. The van der Waals surface area contributed by atoms with Gasteiger partial charge >= 0.3 is 0 Å². The number of nitrogens with one attached hydrogen (secondary N) is 1. The zero-order valence-electron chi connectivity index (χ0n) is 12.7. The van der Waals surface area contributed by atoms with Crippen molar-refractivity contribution in [1.29, 1.82) is 0 Å². The van der Waals surface area contributed by atoms with Crippen molar-refractivity contribution in [3.8, 4) is 0 Å². The maximum atomic E-state index is 12.2. The summed E-state index contributed by atoms with van der Waals surface area (Å²) in [5.74, 6) is -0.392. The fourth-order valence-corrected chi connectivity index (χ4v) is 2.75. The number of nitrogens with zero attached hydrogens (tertiary/aromatic N) is 2. The second-order valence-electron chi connectivity index (χ2n) is 6.50. The molecule has 1 aliphatic carbocycles. The molecule has 0 bridgehead atoms. The molecule has 118 valence electrons. The highest BCUT2D eigenvalue weighted by Crippen LogP contribution is 2.22. The van der Waals surface area contributed by atoms with E-state index in [4.69, 9.17) is 4.52 Å². The number of hydrogen-bond donors (Lipinski definition) is 1. The summed E-state index contributed by atoms with van der Waals surface area (Å²) in [4.78, 5) is 15.9. The molecule has 21 heavy (non-hydrogen) atoms. The van der Waals surface area contributed by atoms with Gasteiger partial charge in [0.2, 0.25) is 11.8 Å². The van der Waals surface area contributed by atoms with Gasteiger partial charge in [0.25, 0.3) is 0 Å². The highest BCUT2D eigenvalue weighted by atomic mass is 32.2. The van der Waals surface area contributed by atoms with Crippen LogP contribution in [0.1, 0.15) is 52.3 Å². The molecule has 1 aromatic heterocycles. The molecule has 1 N–H and O–H groups in total. The smallest absolute Gasteiger partial charge is 0.238 e. The molecule has 0 saturated heterocycles. The van der Waals surface area contributed by atoms with Crippen LogP contribution in [0.25, 0.3) is 0 Å². The first kappa shape index (κ1) is 15.9. The average molecular weight is 315 g/mol. The Balaban J connectivity index is 2.05. The van der Waals surface area contributed by atoms with Crippen LogP contribution in [0.3, 0.4) is 0 Å². The van der Waals surface area contributed by atoms with Crippen LogP contribution in [0, 0.1) is 0 Å². The van der Waals surface area contributed by atoms with Crippen LogP contribution >= 0.6 is 0 Å². The lowest BCUT2D eigenvalue weighted by atomic mass is 9.97. The number of aromatic nitrogens is 2. The minimum atomic E-state index is -3.66. The third-order valence-corrected chi connectivity index (χ3v) is 5.22. The maximum Gasteiger partial charge on any atom is 0.238 e. The van der Waals surface area contributed by atoms with Crippen molar-refractivity contribution in [3.63, 3.8) is 0 Å². The Hall–Kier alpha value is -1.44. The predicted molar refractivity (Wildman–Crippen MR) is 76.2 cm³/mol. The zero-order valence-corrected chi connectivity index (χ0v) is 13.5. The normalized spacial score (nSPS) is 17.5. The third kappa shape index (κ3) is 4.03. The summed E-state index contributed by atoms with van der Waals surface area (Å²) in [7, 11) is -3.66. The molecule has 0 spiro atoms. The van der Waals surface area contributed by atoms with Crippen LogP contribution in [0.5, 0.6) is 0 Å². The fraction of sp³-hybridized carbons (Fsp3) is 0.769. The molecule has 1 atom stereocenters. The molecule has 1 saturated carbocycles. The molecular weight excluding hydrogens is 294 g/mol. The molecule has 1 aliphatic rings.